The highest BCUT2D eigenvalue weighted by molar-refractivity contribution is 9.11. The second-order valence-corrected chi connectivity index (χ2v) is 7.25. The third kappa shape index (κ3) is 3.42. The summed E-state index contributed by atoms with van der Waals surface area (Å²) in [5, 5.41) is 0.305. The summed E-state index contributed by atoms with van der Waals surface area (Å²) < 4.78 is 25.6. The first-order chi connectivity index (χ1) is 6.83. The molecule has 3 N–H and O–H groups in total. The van der Waals surface area contributed by atoms with E-state index in [1.165, 1.54) is 6.07 Å². The number of amides is 1. The smallest absolute Gasteiger partial charge is 0.250 e. The molecular weight excluding hydrogens is 328 g/mol. The van der Waals surface area contributed by atoms with Gasteiger partial charge in [0.25, 0.3) is 10.0 Å². The fourth-order valence-corrected chi connectivity index (χ4v) is 4.13. The van der Waals surface area contributed by atoms with Crippen molar-refractivity contribution in [1.29, 1.82) is 0 Å². The van der Waals surface area contributed by atoms with Crippen LogP contribution in [0, 0.1) is 0 Å². The van der Waals surface area contributed by atoms with E-state index < -0.39 is 22.5 Å². The molecule has 15 heavy (non-hydrogen) atoms. The van der Waals surface area contributed by atoms with Gasteiger partial charge in [-0.1, -0.05) is 11.6 Å². The van der Waals surface area contributed by atoms with E-state index in [0.29, 0.717) is 8.81 Å². The van der Waals surface area contributed by atoms with Crippen molar-refractivity contribution in [2.45, 2.75) is 4.21 Å². The third-order valence-corrected chi connectivity index (χ3v) is 5.67. The minimum Gasteiger partial charge on any atom is -0.369 e. The second kappa shape index (κ2) is 4.79. The number of nitrogens with one attached hydrogen (secondary N) is 1. The maximum atomic E-state index is 11.5. The number of carbonyl (C=O) groups excluding carboxylic acids is 1. The van der Waals surface area contributed by atoms with Crippen LogP contribution in [0.4, 0.5) is 0 Å². The van der Waals surface area contributed by atoms with Gasteiger partial charge in [0.05, 0.1) is 15.4 Å². The molecule has 1 amide bonds. The Bertz CT molecular complexity index is 465. The van der Waals surface area contributed by atoms with Gasteiger partial charge >= 0.3 is 0 Å². The number of nitrogens with two attached hydrogens (primary N) is 1. The van der Waals surface area contributed by atoms with Crippen molar-refractivity contribution in [3.63, 3.8) is 0 Å². The van der Waals surface area contributed by atoms with Gasteiger partial charge in [0.1, 0.15) is 4.21 Å². The highest BCUT2D eigenvalue weighted by atomic mass is 79.9. The molecule has 0 spiro atoms. The molecule has 0 radical (unpaired) electrons. The zero-order chi connectivity index (χ0) is 11.6. The maximum Gasteiger partial charge on any atom is 0.250 e. The van der Waals surface area contributed by atoms with Crippen LogP contribution in [0.1, 0.15) is 0 Å². The van der Waals surface area contributed by atoms with Crippen LogP contribution in [0.25, 0.3) is 0 Å². The molecule has 84 valence electrons. The summed E-state index contributed by atoms with van der Waals surface area (Å²) in [6.45, 7) is -0.435. The summed E-state index contributed by atoms with van der Waals surface area (Å²) in [6, 6.07) is 1.29. The van der Waals surface area contributed by atoms with Gasteiger partial charge in [0.15, 0.2) is 0 Å². The monoisotopic (exact) mass is 332 g/mol. The van der Waals surface area contributed by atoms with Crippen molar-refractivity contribution in [3.8, 4) is 0 Å². The molecule has 0 aliphatic heterocycles. The Morgan fingerprint density at radius 2 is 2.27 bits per heavy atom. The number of carbonyl (C=O) groups is 1. The molecule has 0 saturated heterocycles. The highest BCUT2D eigenvalue weighted by Gasteiger charge is 2.19. The Labute approximate surface area is 104 Å². The Morgan fingerprint density at radius 1 is 1.67 bits per heavy atom. The zero-order valence-corrected chi connectivity index (χ0v) is 11.1. The molecule has 1 heterocycles. The van der Waals surface area contributed by atoms with Crippen LogP contribution in [0.3, 0.4) is 0 Å². The first-order valence-electron chi connectivity index (χ1n) is 3.56. The van der Waals surface area contributed by atoms with Crippen LogP contribution in [0.15, 0.2) is 14.1 Å². The third-order valence-electron chi connectivity index (χ3n) is 1.32. The van der Waals surface area contributed by atoms with Crippen molar-refractivity contribution < 1.29 is 13.2 Å². The molecular formula is C6H6BrClN2O3S2. The molecule has 0 aliphatic carbocycles. The summed E-state index contributed by atoms with van der Waals surface area (Å²) in [6.07, 6.45) is 0. The number of rotatable bonds is 4. The number of primary amides is 1. The number of thiophene rings is 1. The van der Waals surface area contributed by atoms with Crippen molar-refractivity contribution in [1.82, 2.24) is 4.72 Å². The van der Waals surface area contributed by atoms with E-state index >= 15 is 0 Å². The Kier molecular flexibility index (Phi) is 4.13. The van der Waals surface area contributed by atoms with Crippen LogP contribution in [0.5, 0.6) is 0 Å². The molecule has 0 fully saturated rings. The van der Waals surface area contributed by atoms with Crippen LogP contribution in [-0.2, 0) is 14.8 Å². The predicted molar refractivity (Wildman–Crippen MR) is 61.4 cm³/mol. The molecule has 0 aromatic carbocycles. The Balaban J connectivity index is 2.91. The molecule has 1 rings (SSSR count). The van der Waals surface area contributed by atoms with Crippen LogP contribution < -0.4 is 10.5 Å². The van der Waals surface area contributed by atoms with Crippen molar-refractivity contribution in [3.05, 3.63) is 14.9 Å². The van der Waals surface area contributed by atoms with Gasteiger partial charge < -0.3 is 5.73 Å². The lowest BCUT2D eigenvalue weighted by Gasteiger charge is -2.00. The largest absolute Gasteiger partial charge is 0.369 e. The average Bonchev–Trinajstić information content (AvgIpc) is 2.45. The van der Waals surface area contributed by atoms with E-state index in [1.54, 1.807) is 0 Å². The lowest BCUT2D eigenvalue weighted by molar-refractivity contribution is -0.116. The van der Waals surface area contributed by atoms with Crippen molar-refractivity contribution in [2.75, 3.05) is 6.54 Å². The summed E-state index contributed by atoms with van der Waals surface area (Å²) in [5.41, 5.74) is 4.82. The van der Waals surface area contributed by atoms with E-state index in [4.69, 9.17) is 17.3 Å². The minimum atomic E-state index is -3.70. The Morgan fingerprint density at radius 3 is 2.67 bits per heavy atom. The standard InChI is InChI=1S/C6H6BrClN2O3S2/c7-6-3(8)1-5(14-6)15(12,13)10-2-4(9)11/h1,10H,2H2,(H2,9,11). The number of halogens is 2. The lowest BCUT2D eigenvalue weighted by Crippen LogP contribution is -2.32. The topological polar surface area (TPSA) is 89.3 Å². The molecule has 0 atom stereocenters. The maximum absolute atomic E-state index is 11.5. The van der Waals surface area contributed by atoms with Crippen LogP contribution >= 0.6 is 38.9 Å². The summed E-state index contributed by atoms with van der Waals surface area (Å²) in [5.74, 6) is -0.750. The fourth-order valence-electron chi connectivity index (χ4n) is 0.696. The number of sulfonamides is 1. The molecule has 0 bridgehead atoms. The second-order valence-electron chi connectivity index (χ2n) is 2.48. The minimum absolute atomic E-state index is 0.0284. The van der Waals surface area contributed by atoms with Gasteiger partial charge in [-0.25, -0.2) is 13.1 Å². The van der Waals surface area contributed by atoms with Crippen molar-refractivity contribution >= 4 is 54.8 Å². The van der Waals surface area contributed by atoms with Crippen LogP contribution in [-0.4, -0.2) is 20.9 Å². The van der Waals surface area contributed by atoms with E-state index in [1.807, 2.05) is 4.72 Å². The summed E-state index contributed by atoms with van der Waals surface area (Å²) in [4.78, 5) is 10.4. The Hall–Kier alpha value is -0.150. The van der Waals surface area contributed by atoms with Crippen LogP contribution in [0.2, 0.25) is 5.02 Å². The van der Waals surface area contributed by atoms with Gasteiger partial charge in [0, 0.05) is 0 Å². The van der Waals surface area contributed by atoms with Crippen molar-refractivity contribution in [2.24, 2.45) is 5.73 Å². The molecule has 0 aliphatic rings. The lowest BCUT2D eigenvalue weighted by atomic mass is 10.7. The van der Waals surface area contributed by atoms with E-state index in [0.717, 1.165) is 11.3 Å². The number of hydrogen-bond acceptors (Lipinski definition) is 4. The molecule has 0 unspecified atom stereocenters. The normalized spacial score (nSPS) is 11.6. The first kappa shape index (κ1) is 12.9. The van der Waals surface area contributed by atoms with Gasteiger partial charge in [-0.15, -0.1) is 11.3 Å². The fraction of sp³-hybridized carbons (Fsp3) is 0.167. The summed E-state index contributed by atoms with van der Waals surface area (Å²) >= 11 is 9.72. The SMILES string of the molecule is NC(=O)CNS(=O)(=O)c1cc(Cl)c(Br)s1. The van der Waals surface area contributed by atoms with Gasteiger partial charge in [-0.05, 0) is 22.0 Å². The van der Waals surface area contributed by atoms with Gasteiger partial charge in [-0.3, -0.25) is 4.79 Å². The number of hydrogen-bond donors (Lipinski definition) is 2. The average molecular weight is 334 g/mol. The van der Waals surface area contributed by atoms with E-state index in [-0.39, 0.29) is 4.21 Å². The first-order valence-corrected chi connectivity index (χ1v) is 7.03. The highest BCUT2D eigenvalue weighted by Crippen LogP contribution is 2.34. The van der Waals surface area contributed by atoms with E-state index in [2.05, 4.69) is 15.9 Å². The molecule has 1 aromatic rings. The predicted octanol–water partition coefficient (Wildman–Crippen LogP) is 0.928. The molecule has 0 saturated carbocycles. The zero-order valence-electron chi connectivity index (χ0n) is 7.16. The van der Waals surface area contributed by atoms with Gasteiger partial charge in [0.2, 0.25) is 5.91 Å². The van der Waals surface area contributed by atoms with Gasteiger partial charge in [-0.2, -0.15) is 0 Å². The molecule has 5 nitrogen and oxygen atoms in total. The molecule has 1 aromatic heterocycles. The quantitative estimate of drug-likeness (QED) is 0.859. The molecule has 9 heteroatoms. The summed E-state index contributed by atoms with van der Waals surface area (Å²) in [7, 11) is -3.70. The van der Waals surface area contributed by atoms with E-state index in [9.17, 15) is 13.2 Å².